The highest BCUT2D eigenvalue weighted by atomic mass is 16.5. The number of nitrogens with one attached hydrogen (secondary N) is 1. The highest BCUT2D eigenvalue weighted by Gasteiger charge is 2.14. The first kappa shape index (κ1) is 13.1. The van der Waals surface area contributed by atoms with Crippen molar-refractivity contribution in [2.75, 3.05) is 7.05 Å². The molecule has 0 fully saturated rings. The van der Waals surface area contributed by atoms with Crippen LogP contribution in [0.3, 0.4) is 0 Å². The summed E-state index contributed by atoms with van der Waals surface area (Å²) in [5, 5.41) is 3.23. The van der Waals surface area contributed by atoms with Crippen LogP contribution in [0, 0.1) is 0 Å². The summed E-state index contributed by atoms with van der Waals surface area (Å²) >= 11 is 0. The molecular formula is C17H20N2O. The molecule has 0 aliphatic heterocycles. The van der Waals surface area contributed by atoms with Crippen LogP contribution in [-0.2, 0) is 12.8 Å². The van der Waals surface area contributed by atoms with Crippen molar-refractivity contribution in [3.63, 3.8) is 0 Å². The second-order valence-electron chi connectivity index (χ2n) is 5.29. The smallest absolute Gasteiger partial charge is 0.223 e. The van der Waals surface area contributed by atoms with E-state index in [2.05, 4.69) is 35.4 Å². The molecule has 1 aromatic heterocycles. The van der Waals surface area contributed by atoms with Crippen LogP contribution < -0.4 is 10.1 Å². The Kier molecular flexibility index (Phi) is 3.70. The number of fused-ring (bicyclic) bond motifs is 1. The van der Waals surface area contributed by atoms with Gasteiger partial charge in [0.05, 0.1) is 0 Å². The predicted molar refractivity (Wildman–Crippen MR) is 80.3 cm³/mol. The Labute approximate surface area is 120 Å². The van der Waals surface area contributed by atoms with Crippen molar-refractivity contribution in [2.45, 2.75) is 32.2 Å². The van der Waals surface area contributed by atoms with E-state index >= 15 is 0 Å². The van der Waals surface area contributed by atoms with E-state index in [1.807, 2.05) is 19.2 Å². The molecule has 0 saturated heterocycles. The van der Waals surface area contributed by atoms with Crippen molar-refractivity contribution in [3.8, 4) is 11.6 Å². The molecule has 0 bridgehead atoms. The highest BCUT2D eigenvalue weighted by Crippen LogP contribution is 2.31. The van der Waals surface area contributed by atoms with Gasteiger partial charge in [-0.05, 0) is 62.6 Å². The summed E-state index contributed by atoms with van der Waals surface area (Å²) in [6.45, 7) is 2.10. The molecule has 1 unspecified atom stereocenters. The Hall–Kier alpha value is -1.87. The molecule has 104 valence electrons. The third kappa shape index (κ3) is 2.54. The maximum Gasteiger partial charge on any atom is 0.223 e. The van der Waals surface area contributed by atoms with Crippen molar-refractivity contribution in [2.24, 2.45) is 0 Å². The SMILES string of the molecule is CNC(C)c1cccnc1Oc1ccc2c(c1)CCC2. The number of benzene rings is 1. The van der Waals surface area contributed by atoms with Gasteiger partial charge < -0.3 is 10.1 Å². The van der Waals surface area contributed by atoms with Gasteiger partial charge in [0.1, 0.15) is 5.75 Å². The summed E-state index contributed by atoms with van der Waals surface area (Å²) in [6, 6.07) is 10.6. The van der Waals surface area contributed by atoms with Crippen LogP contribution in [0.4, 0.5) is 0 Å². The summed E-state index contributed by atoms with van der Waals surface area (Å²) in [7, 11) is 1.94. The van der Waals surface area contributed by atoms with E-state index in [1.165, 1.54) is 24.0 Å². The summed E-state index contributed by atoms with van der Waals surface area (Å²) in [5.74, 6) is 1.57. The Morgan fingerprint density at radius 3 is 2.90 bits per heavy atom. The van der Waals surface area contributed by atoms with Gasteiger partial charge in [-0.1, -0.05) is 12.1 Å². The molecule has 1 atom stereocenters. The van der Waals surface area contributed by atoms with Gasteiger partial charge in [0.15, 0.2) is 0 Å². The van der Waals surface area contributed by atoms with Crippen LogP contribution in [0.1, 0.15) is 36.1 Å². The predicted octanol–water partition coefficient (Wildman–Crippen LogP) is 3.64. The lowest BCUT2D eigenvalue weighted by Gasteiger charge is -2.15. The van der Waals surface area contributed by atoms with Gasteiger partial charge in [0.25, 0.3) is 0 Å². The van der Waals surface area contributed by atoms with Crippen molar-refractivity contribution in [3.05, 3.63) is 53.2 Å². The minimum Gasteiger partial charge on any atom is -0.439 e. The molecule has 3 nitrogen and oxygen atoms in total. The molecule has 0 radical (unpaired) electrons. The molecule has 20 heavy (non-hydrogen) atoms. The number of ether oxygens (including phenoxy) is 1. The topological polar surface area (TPSA) is 34.2 Å². The van der Waals surface area contributed by atoms with E-state index in [0.29, 0.717) is 5.88 Å². The van der Waals surface area contributed by atoms with E-state index in [0.717, 1.165) is 17.7 Å². The van der Waals surface area contributed by atoms with Crippen LogP contribution >= 0.6 is 0 Å². The van der Waals surface area contributed by atoms with Gasteiger partial charge >= 0.3 is 0 Å². The van der Waals surface area contributed by atoms with Gasteiger partial charge in [-0.3, -0.25) is 0 Å². The standard InChI is InChI=1S/C17H20N2O/c1-12(18-2)16-7-4-10-19-17(16)20-15-9-8-13-5-3-6-14(13)11-15/h4,7-12,18H,3,5-6H2,1-2H3. The van der Waals surface area contributed by atoms with Crippen molar-refractivity contribution in [1.82, 2.24) is 10.3 Å². The van der Waals surface area contributed by atoms with Crippen LogP contribution in [0.2, 0.25) is 0 Å². The number of pyridine rings is 1. The number of aromatic nitrogens is 1. The summed E-state index contributed by atoms with van der Waals surface area (Å²) in [5.41, 5.74) is 3.96. The molecule has 0 amide bonds. The van der Waals surface area contributed by atoms with Gasteiger partial charge in [-0.25, -0.2) is 4.98 Å². The maximum absolute atomic E-state index is 6.01. The number of nitrogens with zero attached hydrogens (tertiary/aromatic N) is 1. The number of hydrogen-bond donors (Lipinski definition) is 1. The number of hydrogen-bond acceptors (Lipinski definition) is 3. The Morgan fingerprint density at radius 2 is 2.05 bits per heavy atom. The molecule has 3 rings (SSSR count). The first-order valence-corrected chi connectivity index (χ1v) is 7.20. The fourth-order valence-electron chi connectivity index (χ4n) is 2.70. The molecule has 1 N–H and O–H groups in total. The minimum absolute atomic E-state index is 0.216. The molecule has 0 saturated carbocycles. The Bertz CT molecular complexity index is 610. The highest BCUT2D eigenvalue weighted by molar-refractivity contribution is 5.41. The van der Waals surface area contributed by atoms with E-state index in [9.17, 15) is 0 Å². The van der Waals surface area contributed by atoms with Crippen molar-refractivity contribution < 1.29 is 4.74 Å². The third-order valence-electron chi connectivity index (χ3n) is 3.98. The monoisotopic (exact) mass is 268 g/mol. The summed E-state index contributed by atoms with van der Waals surface area (Å²) < 4.78 is 6.01. The average Bonchev–Trinajstić information content (AvgIpc) is 2.94. The molecule has 2 aromatic rings. The quantitative estimate of drug-likeness (QED) is 0.919. The third-order valence-corrected chi connectivity index (χ3v) is 3.98. The molecule has 1 heterocycles. The first-order chi connectivity index (χ1) is 9.78. The largest absolute Gasteiger partial charge is 0.439 e. The van der Waals surface area contributed by atoms with Gasteiger partial charge in [0.2, 0.25) is 5.88 Å². The van der Waals surface area contributed by atoms with E-state index < -0.39 is 0 Å². The zero-order valence-electron chi connectivity index (χ0n) is 12.0. The van der Waals surface area contributed by atoms with E-state index in [-0.39, 0.29) is 6.04 Å². The Morgan fingerprint density at radius 1 is 1.20 bits per heavy atom. The van der Waals surface area contributed by atoms with E-state index in [4.69, 9.17) is 4.74 Å². The molecule has 1 aliphatic carbocycles. The average molecular weight is 268 g/mol. The van der Waals surface area contributed by atoms with Gasteiger partial charge in [-0.15, -0.1) is 0 Å². The van der Waals surface area contributed by atoms with Crippen LogP contribution in [-0.4, -0.2) is 12.0 Å². The zero-order valence-corrected chi connectivity index (χ0v) is 12.0. The second kappa shape index (κ2) is 5.63. The number of aryl methyl sites for hydroxylation is 2. The van der Waals surface area contributed by atoms with Crippen molar-refractivity contribution in [1.29, 1.82) is 0 Å². The molecule has 3 heteroatoms. The fraction of sp³-hybridized carbons (Fsp3) is 0.353. The normalized spacial score (nSPS) is 14.9. The first-order valence-electron chi connectivity index (χ1n) is 7.20. The van der Waals surface area contributed by atoms with Crippen LogP contribution in [0.15, 0.2) is 36.5 Å². The molecular weight excluding hydrogens is 248 g/mol. The lowest BCUT2D eigenvalue weighted by molar-refractivity contribution is 0.446. The number of rotatable bonds is 4. The summed E-state index contributed by atoms with van der Waals surface area (Å²) in [6.07, 6.45) is 5.38. The van der Waals surface area contributed by atoms with Crippen LogP contribution in [0.25, 0.3) is 0 Å². The van der Waals surface area contributed by atoms with Crippen LogP contribution in [0.5, 0.6) is 11.6 Å². The lowest BCUT2D eigenvalue weighted by Crippen LogP contribution is -2.13. The maximum atomic E-state index is 6.01. The lowest BCUT2D eigenvalue weighted by atomic mass is 10.1. The molecule has 1 aliphatic rings. The zero-order chi connectivity index (χ0) is 13.9. The molecule has 1 aromatic carbocycles. The van der Waals surface area contributed by atoms with Gasteiger partial charge in [-0.2, -0.15) is 0 Å². The fourth-order valence-corrected chi connectivity index (χ4v) is 2.70. The Balaban J connectivity index is 1.88. The summed E-state index contributed by atoms with van der Waals surface area (Å²) in [4.78, 5) is 4.37. The van der Waals surface area contributed by atoms with Gasteiger partial charge in [0, 0.05) is 17.8 Å². The minimum atomic E-state index is 0.216. The second-order valence-corrected chi connectivity index (χ2v) is 5.29. The van der Waals surface area contributed by atoms with Crippen molar-refractivity contribution >= 4 is 0 Å². The molecule has 0 spiro atoms. The van der Waals surface area contributed by atoms with E-state index in [1.54, 1.807) is 6.20 Å².